The number of hydrogen-bond acceptors (Lipinski definition) is 2. The van der Waals surface area contributed by atoms with Crippen molar-refractivity contribution in [3.05, 3.63) is 35.9 Å². The normalized spacial score (nSPS) is 28.7. The highest BCUT2D eigenvalue weighted by Crippen LogP contribution is 2.14. The summed E-state index contributed by atoms with van der Waals surface area (Å²) in [7, 11) is 0. The molecule has 2 atom stereocenters. The van der Waals surface area contributed by atoms with Crippen LogP contribution in [0.1, 0.15) is 18.5 Å². The quantitative estimate of drug-likeness (QED) is 0.674. The average molecular weight is 176 g/mol. The van der Waals surface area contributed by atoms with Gasteiger partial charge in [0.25, 0.3) is 0 Å². The van der Waals surface area contributed by atoms with Crippen molar-refractivity contribution in [3.8, 4) is 0 Å². The average Bonchev–Trinajstić information content (AvgIpc) is 2.19. The van der Waals surface area contributed by atoms with Gasteiger partial charge < -0.3 is 10.6 Å². The topological polar surface area (TPSA) is 24.1 Å². The first-order valence-corrected chi connectivity index (χ1v) is 4.88. The van der Waals surface area contributed by atoms with Crippen molar-refractivity contribution >= 4 is 0 Å². The zero-order valence-electron chi connectivity index (χ0n) is 7.96. The maximum atomic E-state index is 3.57. The van der Waals surface area contributed by atoms with Gasteiger partial charge in [0.1, 0.15) is 0 Å². The Kier molecular flexibility index (Phi) is 2.62. The predicted molar refractivity (Wildman–Crippen MR) is 54.7 cm³/mol. The zero-order chi connectivity index (χ0) is 9.10. The molecule has 70 valence electrons. The lowest BCUT2D eigenvalue weighted by Gasteiger charge is -2.29. The minimum atomic E-state index is 0.477. The van der Waals surface area contributed by atoms with Crippen LogP contribution in [-0.4, -0.2) is 19.1 Å². The highest BCUT2D eigenvalue weighted by molar-refractivity contribution is 5.19. The van der Waals surface area contributed by atoms with Crippen LogP contribution in [-0.2, 0) is 0 Å². The summed E-state index contributed by atoms with van der Waals surface area (Å²) in [6.45, 7) is 4.32. The van der Waals surface area contributed by atoms with Crippen molar-refractivity contribution in [1.29, 1.82) is 0 Å². The highest BCUT2D eigenvalue weighted by atomic mass is 15.1. The Morgan fingerprint density at radius 1 is 1.15 bits per heavy atom. The van der Waals surface area contributed by atoms with Crippen molar-refractivity contribution in [2.24, 2.45) is 0 Å². The summed E-state index contributed by atoms with van der Waals surface area (Å²) >= 11 is 0. The lowest BCUT2D eigenvalue weighted by molar-refractivity contribution is 0.360. The SMILES string of the molecule is C[C@H]1CNC[C@@H](c2ccccc2)N1. The van der Waals surface area contributed by atoms with Gasteiger partial charge in [-0.25, -0.2) is 0 Å². The van der Waals surface area contributed by atoms with Crippen molar-refractivity contribution in [3.63, 3.8) is 0 Å². The fraction of sp³-hybridized carbons (Fsp3) is 0.455. The van der Waals surface area contributed by atoms with E-state index in [0.29, 0.717) is 12.1 Å². The molecule has 1 saturated heterocycles. The number of rotatable bonds is 1. The number of nitrogens with one attached hydrogen (secondary N) is 2. The first-order valence-electron chi connectivity index (χ1n) is 4.88. The maximum absolute atomic E-state index is 3.57. The molecule has 1 aliphatic rings. The summed E-state index contributed by atoms with van der Waals surface area (Å²) in [5.74, 6) is 0. The Labute approximate surface area is 79.4 Å². The third kappa shape index (κ3) is 2.08. The Bertz CT molecular complexity index is 258. The molecular weight excluding hydrogens is 160 g/mol. The van der Waals surface area contributed by atoms with E-state index in [-0.39, 0.29) is 0 Å². The van der Waals surface area contributed by atoms with Gasteiger partial charge in [0, 0.05) is 25.2 Å². The van der Waals surface area contributed by atoms with E-state index in [9.17, 15) is 0 Å². The molecule has 13 heavy (non-hydrogen) atoms. The van der Waals surface area contributed by atoms with Gasteiger partial charge in [-0.15, -0.1) is 0 Å². The van der Waals surface area contributed by atoms with Gasteiger partial charge in [0.2, 0.25) is 0 Å². The van der Waals surface area contributed by atoms with Gasteiger partial charge in [0.05, 0.1) is 0 Å². The van der Waals surface area contributed by atoms with Gasteiger partial charge >= 0.3 is 0 Å². The van der Waals surface area contributed by atoms with Crippen LogP contribution in [0.25, 0.3) is 0 Å². The van der Waals surface area contributed by atoms with Crippen LogP contribution in [0.15, 0.2) is 30.3 Å². The van der Waals surface area contributed by atoms with Gasteiger partial charge in [-0.1, -0.05) is 30.3 Å². The Balaban J connectivity index is 2.08. The van der Waals surface area contributed by atoms with Crippen LogP contribution in [0.2, 0.25) is 0 Å². The van der Waals surface area contributed by atoms with Crippen molar-refractivity contribution < 1.29 is 0 Å². The zero-order valence-corrected chi connectivity index (χ0v) is 7.96. The summed E-state index contributed by atoms with van der Waals surface area (Å²) in [5, 5.41) is 6.99. The maximum Gasteiger partial charge on any atom is 0.0449 e. The molecule has 2 rings (SSSR count). The van der Waals surface area contributed by atoms with E-state index in [1.54, 1.807) is 0 Å². The molecule has 0 radical (unpaired) electrons. The van der Waals surface area contributed by atoms with Gasteiger partial charge in [-0.2, -0.15) is 0 Å². The Morgan fingerprint density at radius 2 is 1.92 bits per heavy atom. The summed E-state index contributed by atoms with van der Waals surface area (Å²) in [4.78, 5) is 0. The molecule has 0 unspecified atom stereocenters. The molecule has 0 aromatic heterocycles. The molecule has 0 bridgehead atoms. The molecule has 1 aromatic carbocycles. The molecule has 0 saturated carbocycles. The standard InChI is InChI=1S/C11H16N2/c1-9-7-12-8-11(13-9)10-5-3-2-4-6-10/h2-6,9,11-13H,7-8H2,1H3/t9-,11-/m0/s1. The molecule has 1 fully saturated rings. The monoisotopic (exact) mass is 176 g/mol. The predicted octanol–water partition coefficient (Wildman–Crippen LogP) is 1.31. The van der Waals surface area contributed by atoms with E-state index in [0.717, 1.165) is 13.1 Å². The van der Waals surface area contributed by atoms with Crippen molar-refractivity contribution in [2.75, 3.05) is 13.1 Å². The lowest BCUT2D eigenvalue weighted by Crippen LogP contribution is -2.48. The summed E-state index contributed by atoms with van der Waals surface area (Å²) in [6.07, 6.45) is 0. The largest absolute Gasteiger partial charge is 0.313 e. The summed E-state index contributed by atoms with van der Waals surface area (Å²) < 4.78 is 0. The van der Waals surface area contributed by atoms with Gasteiger partial charge in [0.15, 0.2) is 0 Å². The molecule has 0 aliphatic carbocycles. The van der Waals surface area contributed by atoms with E-state index in [1.807, 2.05) is 0 Å². The van der Waals surface area contributed by atoms with E-state index < -0.39 is 0 Å². The molecule has 2 heteroatoms. The molecule has 0 spiro atoms. The lowest BCUT2D eigenvalue weighted by atomic mass is 10.0. The summed E-state index contributed by atoms with van der Waals surface area (Å²) in [5.41, 5.74) is 1.38. The van der Waals surface area contributed by atoms with Crippen LogP contribution in [0.4, 0.5) is 0 Å². The molecule has 1 aliphatic heterocycles. The van der Waals surface area contributed by atoms with Crippen LogP contribution in [0.5, 0.6) is 0 Å². The second-order valence-electron chi connectivity index (χ2n) is 3.69. The molecule has 1 aromatic rings. The van der Waals surface area contributed by atoms with Crippen LogP contribution < -0.4 is 10.6 Å². The molecule has 2 N–H and O–H groups in total. The molecule has 1 heterocycles. The molecule has 0 amide bonds. The second kappa shape index (κ2) is 3.90. The number of benzene rings is 1. The van der Waals surface area contributed by atoms with Gasteiger partial charge in [-0.3, -0.25) is 0 Å². The van der Waals surface area contributed by atoms with Crippen molar-refractivity contribution in [1.82, 2.24) is 10.6 Å². The van der Waals surface area contributed by atoms with E-state index in [2.05, 4.69) is 47.9 Å². The van der Waals surface area contributed by atoms with Gasteiger partial charge in [-0.05, 0) is 12.5 Å². The van der Waals surface area contributed by atoms with E-state index in [1.165, 1.54) is 5.56 Å². The molecular formula is C11H16N2. The number of hydrogen-bond donors (Lipinski definition) is 2. The third-order valence-electron chi connectivity index (χ3n) is 2.49. The number of piperazine rings is 1. The first kappa shape index (κ1) is 8.73. The third-order valence-corrected chi connectivity index (χ3v) is 2.49. The highest BCUT2D eigenvalue weighted by Gasteiger charge is 2.17. The van der Waals surface area contributed by atoms with E-state index >= 15 is 0 Å². The minimum Gasteiger partial charge on any atom is -0.313 e. The van der Waals surface area contributed by atoms with Crippen LogP contribution in [0, 0.1) is 0 Å². The Morgan fingerprint density at radius 3 is 2.62 bits per heavy atom. The van der Waals surface area contributed by atoms with Crippen molar-refractivity contribution in [2.45, 2.75) is 19.0 Å². The molecule has 2 nitrogen and oxygen atoms in total. The smallest absolute Gasteiger partial charge is 0.0449 e. The first-order chi connectivity index (χ1) is 6.36. The Hall–Kier alpha value is -0.860. The second-order valence-corrected chi connectivity index (χ2v) is 3.69. The fourth-order valence-corrected chi connectivity index (χ4v) is 1.80. The minimum absolute atomic E-state index is 0.477. The summed E-state index contributed by atoms with van der Waals surface area (Å²) in [6, 6.07) is 11.6. The fourth-order valence-electron chi connectivity index (χ4n) is 1.80. The van der Waals surface area contributed by atoms with Crippen LogP contribution >= 0.6 is 0 Å². The van der Waals surface area contributed by atoms with Crippen LogP contribution in [0.3, 0.4) is 0 Å². The van der Waals surface area contributed by atoms with E-state index in [4.69, 9.17) is 0 Å².